The zero-order chi connectivity index (χ0) is 12.1. The molecule has 0 aliphatic rings. The molecule has 16 heavy (non-hydrogen) atoms. The first-order valence-corrected chi connectivity index (χ1v) is 5.14. The van der Waals surface area contributed by atoms with Gasteiger partial charge in [-0.15, -0.1) is 0 Å². The Kier molecular flexibility index (Phi) is 4.04. The second-order valence-electron chi connectivity index (χ2n) is 3.54. The van der Waals surface area contributed by atoms with Crippen LogP contribution in [0.4, 0.5) is 5.82 Å². The van der Waals surface area contributed by atoms with Crippen molar-refractivity contribution in [3.63, 3.8) is 0 Å². The number of aryl methyl sites for hydroxylation is 1. The summed E-state index contributed by atoms with van der Waals surface area (Å²) >= 11 is 0. The molecule has 88 valence electrons. The van der Waals surface area contributed by atoms with Crippen LogP contribution in [0.3, 0.4) is 0 Å². The third kappa shape index (κ3) is 3.08. The van der Waals surface area contributed by atoms with Gasteiger partial charge in [-0.3, -0.25) is 14.7 Å². The number of nitrogens with one attached hydrogen (secondary N) is 3. The summed E-state index contributed by atoms with van der Waals surface area (Å²) in [5.74, 6) is 0.0850. The normalized spacial score (nSPS) is 11.9. The topological polar surface area (TPSA) is 86.9 Å². The summed E-state index contributed by atoms with van der Waals surface area (Å²) < 4.78 is 0. The number of hydrogen-bond acceptors (Lipinski definition) is 3. The van der Waals surface area contributed by atoms with E-state index in [1.165, 1.54) is 6.92 Å². The molecule has 6 heteroatoms. The maximum Gasteiger partial charge on any atom is 0.247 e. The molecule has 1 heterocycles. The summed E-state index contributed by atoms with van der Waals surface area (Å²) in [5, 5.41) is 11.7. The van der Waals surface area contributed by atoms with E-state index in [9.17, 15) is 9.59 Å². The predicted octanol–water partition coefficient (Wildman–Crippen LogP) is 0.435. The second-order valence-corrected chi connectivity index (χ2v) is 3.54. The SMILES string of the molecule is CCc1cn[nH]c1NC(=O)C(C)NC(C)=O. The van der Waals surface area contributed by atoms with Gasteiger partial charge in [-0.05, 0) is 13.3 Å². The van der Waals surface area contributed by atoms with Crippen LogP contribution in [0.25, 0.3) is 0 Å². The average molecular weight is 224 g/mol. The van der Waals surface area contributed by atoms with Gasteiger partial charge < -0.3 is 10.6 Å². The molecule has 0 aromatic carbocycles. The molecule has 1 aromatic heterocycles. The molecule has 6 nitrogen and oxygen atoms in total. The minimum absolute atomic E-state index is 0.233. The number of H-pyrrole nitrogens is 1. The number of rotatable bonds is 4. The van der Waals surface area contributed by atoms with E-state index in [0.29, 0.717) is 5.82 Å². The van der Waals surface area contributed by atoms with E-state index < -0.39 is 6.04 Å². The fraction of sp³-hybridized carbons (Fsp3) is 0.500. The molecule has 1 atom stereocenters. The molecule has 0 saturated carbocycles. The highest BCUT2D eigenvalue weighted by molar-refractivity contribution is 5.96. The lowest BCUT2D eigenvalue weighted by atomic mass is 10.2. The second kappa shape index (κ2) is 5.29. The van der Waals surface area contributed by atoms with Gasteiger partial charge in [0.25, 0.3) is 0 Å². The Labute approximate surface area is 93.8 Å². The summed E-state index contributed by atoms with van der Waals surface area (Å²) in [6.07, 6.45) is 2.44. The standard InChI is InChI=1S/C10H16N4O2/c1-4-8-5-11-14-9(8)13-10(16)6(2)12-7(3)15/h5-6H,4H2,1-3H3,(H,12,15)(H2,11,13,14,16). The molecule has 1 rings (SSSR count). The minimum atomic E-state index is -0.564. The van der Waals surface area contributed by atoms with Crippen molar-refractivity contribution in [1.29, 1.82) is 0 Å². The van der Waals surface area contributed by atoms with E-state index in [1.807, 2.05) is 6.92 Å². The number of aromatic nitrogens is 2. The molecule has 0 bridgehead atoms. The quantitative estimate of drug-likeness (QED) is 0.693. The highest BCUT2D eigenvalue weighted by Crippen LogP contribution is 2.11. The maximum atomic E-state index is 11.6. The average Bonchev–Trinajstić information content (AvgIpc) is 2.64. The van der Waals surface area contributed by atoms with Crippen molar-refractivity contribution >= 4 is 17.6 Å². The Balaban J connectivity index is 2.60. The van der Waals surface area contributed by atoms with Crippen LogP contribution in [0.5, 0.6) is 0 Å². The van der Waals surface area contributed by atoms with E-state index in [4.69, 9.17) is 0 Å². The third-order valence-electron chi connectivity index (χ3n) is 2.16. The Morgan fingerprint density at radius 3 is 2.81 bits per heavy atom. The molecule has 0 saturated heterocycles. The molecule has 0 aliphatic carbocycles. The molecule has 0 spiro atoms. The van der Waals surface area contributed by atoms with Crippen molar-refractivity contribution in [2.24, 2.45) is 0 Å². The highest BCUT2D eigenvalue weighted by Gasteiger charge is 2.15. The molecule has 1 unspecified atom stereocenters. The van der Waals surface area contributed by atoms with Crippen molar-refractivity contribution in [1.82, 2.24) is 15.5 Å². The summed E-state index contributed by atoms with van der Waals surface area (Å²) in [6, 6.07) is -0.564. The number of hydrogen-bond donors (Lipinski definition) is 3. The first-order chi connectivity index (χ1) is 7.54. The monoisotopic (exact) mass is 224 g/mol. The van der Waals surface area contributed by atoms with E-state index in [0.717, 1.165) is 12.0 Å². The Bertz CT molecular complexity index is 386. The van der Waals surface area contributed by atoms with Gasteiger partial charge in [0.15, 0.2) is 0 Å². The lowest BCUT2D eigenvalue weighted by Crippen LogP contribution is -2.40. The van der Waals surface area contributed by atoms with Crippen molar-refractivity contribution in [2.45, 2.75) is 33.2 Å². The van der Waals surface area contributed by atoms with Crippen LogP contribution in [0, 0.1) is 0 Å². The molecule has 0 aliphatic heterocycles. The minimum Gasteiger partial charge on any atom is -0.345 e. The van der Waals surface area contributed by atoms with Crippen molar-refractivity contribution in [2.75, 3.05) is 5.32 Å². The van der Waals surface area contributed by atoms with Crippen LogP contribution >= 0.6 is 0 Å². The number of carbonyl (C=O) groups is 2. The third-order valence-corrected chi connectivity index (χ3v) is 2.16. The van der Waals surface area contributed by atoms with E-state index in [-0.39, 0.29) is 11.8 Å². The predicted molar refractivity (Wildman–Crippen MR) is 59.9 cm³/mol. The molecule has 1 aromatic rings. The first-order valence-electron chi connectivity index (χ1n) is 5.14. The van der Waals surface area contributed by atoms with Crippen LogP contribution < -0.4 is 10.6 Å². The number of anilines is 1. The molecule has 0 fully saturated rings. The summed E-state index contributed by atoms with van der Waals surface area (Å²) in [4.78, 5) is 22.4. The molecule has 2 amide bonds. The van der Waals surface area contributed by atoms with Gasteiger partial charge in [-0.1, -0.05) is 6.92 Å². The van der Waals surface area contributed by atoms with Gasteiger partial charge in [0.1, 0.15) is 11.9 Å². The van der Waals surface area contributed by atoms with Crippen LogP contribution in [-0.2, 0) is 16.0 Å². The van der Waals surface area contributed by atoms with Crippen molar-refractivity contribution in [3.8, 4) is 0 Å². The summed E-state index contributed by atoms with van der Waals surface area (Å²) in [6.45, 7) is 4.97. The molecule has 0 radical (unpaired) electrons. The molecular weight excluding hydrogens is 208 g/mol. The summed E-state index contributed by atoms with van der Waals surface area (Å²) in [7, 11) is 0. The van der Waals surface area contributed by atoms with Gasteiger partial charge in [-0.2, -0.15) is 5.10 Å². The Morgan fingerprint density at radius 1 is 1.56 bits per heavy atom. The van der Waals surface area contributed by atoms with Gasteiger partial charge in [0.2, 0.25) is 11.8 Å². The van der Waals surface area contributed by atoms with Crippen LogP contribution in [0.1, 0.15) is 26.3 Å². The lowest BCUT2D eigenvalue weighted by Gasteiger charge is -2.12. The van der Waals surface area contributed by atoms with Crippen LogP contribution in [0.2, 0.25) is 0 Å². The Morgan fingerprint density at radius 2 is 2.25 bits per heavy atom. The van der Waals surface area contributed by atoms with Gasteiger partial charge in [-0.25, -0.2) is 0 Å². The zero-order valence-electron chi connectivity index (χ0n) is 9.63. The zero-order valence-corrected chi connectivity index (χ0v) is 9.63. The van der Waals surface area contributed by atoms with E-state index >= 15 is 0 Å². The van der Waals surface area contributed by atoms with Crippen molar-refractivity contribution < 1.29 is 9.59 Å². The maximum absolute atomic E-state index is 11.6. The highest BCUT2D eigenvalue weighted by atomic mass is 16.2. The van der Waals surface area contributed by atoms with Gasteiger partial charge >= 0.3 is 0 Å². The largest absolute Gasteiger partial charge is 0.345 e. The molecular formula is C10H16N4O2. The van der Waals surface area contributed by atoms with E-state index in [1.54, 1.807) is 13.1 Å². The van der Waals surface area contributed by atoms with Crippen LogP contribution in [0.15, 0.2) is 6.20 Å². The smallest absolute Gasteiger partial charge is 0.247 e. The van der Waals surface area contributed by atoms with Crippen molar-refractivity contribution in [3.05, 3.63) is 11.8 Å². The fourth-order valence-electron chi connectivity index (χ4n) is 1.29. The van der Waals surface area contributed by atoms with E-state index in [2.05, 4.69) is 20.8 Å². The Hall–Kier alpha value is -1.85. The van der Waals surface area contributed by atoms with Gasteiger partial charge in [0, 0.05) is 12.5 Å². The number of nitrogens with zero attached hydrogens (tertiary/aromatic N) is 1. The number of aromatic amines is 1. The molecule has 3 N–H and O–H groups in total. The van der Waals surface area contributed by atoms with Crippen LogP contribution in [-0.4, -0.2) is 28.1 Å². The summed E-state index contributed by atoms with van der Waals surface area (Å²) in [5.41, 5.74) is 0.934. The van der Waals surface area contributed by atoms with Gasteiger partial charge in [0.05, 0.1) is 6.20 Å². The first kappa shape index (κ1) is 12.2. The lowest BCUT2D eigenvalue weighted by molar-refractivity contribution is -0.124. The number of carbonyl (C=O) groups excluding carboxylic acids is 2. The fourth-order valence-corrected chi connectivity index (χ4v) is 1.29. The number of amides is 2.